The molecule has 2 N–H and O–H groups in total. The first-order chi connectivity index (χ1) is 8.68. The van der Waals surface area contributed by atoms with Crippen LogP contribution in [0.25, 0.3) is 0 Å². The molecule has 0 aliphatic heterocycles. The molecular formula is C16H26N2. The van der Waals surface area contributed by atoms with Crippen molar-refractivity contribution in [2.24, 2.45) is 5.73 Å². The van der Waals surface area contributed by atoms with Gasteiger partial charge in [0.1, 0.15) is 0 Å². The van der Waals surface area contributed by atoms with Gasteiger partial charge >= 0.3 is 0 Å². The monoisotopic (exact) mass is 246 g/mol. The second kappa shape index (κ2) is 6.35. The number of nitrogens with zero attached hydrogens (tertiary/aromatic N) is 1. The van der Waals surface area contributed by atoms with E-state index in [1.165, 1.54) is 43.2 Å². The Labute approximate surface area is 111 Å². The van der Waals surface area contributed by atoms with Crippen LogP contribution in [0.5, 0.6) is 0 Å². The van der Waals surface area contributed by atoms with E-state index in [-0.39, 0.29) is 0 Å². The molecule has 1 fully saturated rings. The van der Waals surface area contributed by atoms with Gasteiger partial charge in [-0.15, -0.1) is 0 Å². The average Bonchev–Trinajstić information content (AvgIpc) is 2.57. The molecule has 1 aliphatic carbocycles. The maximum absolute atomic E-state index is 6.33. The van der Waals surface area contributed by atoms with Gasteiger partial charge in [0, 0.05) is 18.6 Å². The van der Waals surface area contributed by atoms with E-state index in [9.17, 15) is 0 Å². The van der Waals surface area contributed by atoms with Gasteiger partial charge in [-0.25, -0.2) is 0 Å². The van der Waals surface area contributed by atoms with Crippen molar-refractivity contribution in [3.63, 3.8) is 0 Å². The zero-order chi connectivity index (χ0) is 13.0. The lowest BCUT2D eigenvalue weighted by atomic mass is 10.0. The summed E-state index contributed by atoms with van der Waals surface area (Å²) in [5.74, 6) is 0. The number of nitrogens with two attached hydrogens (primary N) is 1. The first-order valence-corrected chi connectivity index (χ1v) is 7.19. The molecule has 100 valence electrons. The minimum atomic E-state index is 0.349. The van der Waals surface area contributed by atoms with Crippen molar-refractivity contribution >= 4 is 0 Å². The van der Waals surface area contributed by atoms with Gasteiger partial charge in [0.15, 0.2) is 0 Å². The van der Waals surface area contributed by atoms with Gasteiger partial charge in [-0.1, -0.05) is 43.5 Å². The molecule has 2 heteroatoms. The molecule has 2 nitrogen and oxygen atoms in total. The third-order valence-corrected chi connectivity index (χ3v) is 4.28. The third-order valence-electron chi connectivity index (χ3n) is 4.28. The smallest absolute Gasteiger partial charge is 0.0247 e. The van der Waals surface area contributed by atoms with Gasteiger partial charge in [-0.3, -0.25) is 4.90 Å². The number of rotatable bonds is 3. The second-order valence-corrected chi connectivity index (χ2v) is 5.71. The summed E-state index contributed by atoms with van der Waals surface area (Å²) >= 11 is 0. The normalized spacial score (nSPS) is 25.1. The first-order valence-electron chi connectivity index (χ1n) is 7.19. The van der Waals surface area contributed by atoms with E-state index in [1.54, 1.807) is 0 Å². The standard InChI is InChI=1S/C16H26N2/c1-13-8-6-7-9-14(13)12-18(2)16-11-5-3-4-10-15(16)17/h6-9,15-16H,3-5,10-12,17H2,1-2H3. The van der Waals surface area contributed by atoms with Crippen LogP contribution >= 0.6 is 0 Å². The lowest BCUT2D eigenvalue weighted by Gasteiger charge is -2.32. The largest absolute Gasteiger partial charge is 0.326 e. The Kier molecular flexibility index (Phi) is 4.79. The zero-order valence-corrected chi connectivity index (χ0v) is 11.7. The maximum Gasteiger partial charge on any atom is 0.0247 e. The molecule has 0 heterocycles. The van der Waals surface area contributed by atoms with Crippen molar-refractivity contribution in [2.45, 2.75) is 57.7 Å². The Morgan fingerprint density at radius 3 is 2.67 bits per heavy atom. The molecule has 0 radical (unpaired) electrons. The van der Waals surface area contributed by atoms with Crippen molar-refractivity contribution < 1.29 is 0 Å². The lowest BCUT2D eigenvalue weighted by Crippen LogP contribution is -2.45. The van der Waals surface area contributed by atoms with Crippen LogP contribution in [0.4, 0.5) is 0 Å². The van der Waals surface area contributed by atoms with Gasteiger partial charge in [-0.05, 0) is 37.9 Å². The van der Waals surface area contributed by atoms with Crippen molar-refractivity contribution in [1.29, 1.82) is 0 Å². The molecule has 0 amide bonds. The van der Waals surface area contributed by atoms with Crippen molar-refractivity contribution in [3.8, 4) is 0 Å². The third kappa shape index (κ3) is 3.33. The van der Waals surface area contributed by atoms with Crippen molar-refractivity contribution in [2.75, 3.05) is 7.05 Å². The van der Waals surface area contributed by atoms with Crippen molar-refractivity contribution in [3.05, 3.63) is 35.4 Å². The molecule has 0 aromatic heterocycles. The van der Waals surface area contributed by atoms with Crippen LogP contribution in [0.15, 0.2) is 24.3 Å². The number of likely N-dealkylation sites (N-methyl/N-ethyl adjacent to an activating group) is 1. The fourth-order valence-electron chi connectivity index (χ4n) is 3.04. The Bertz CT molecular complexity index is 375. The minimum Gasteiger partial charge on any atom is -0.326 e. The summed E-state index contributed by atoms with van der Waals surface area (Å²) in [7, 11) is 2.22. The number of benzene rings is 1. The van der Waals surface area contributed by atoms with Crippen LogP contribution < -0.4 is 5.73 Å². The topological polar surface area (TPSA) is 29.3 Å². The highest BCUT2D eigenvalue weighted by Gasteiger charge is 2.24. The van der Waals surface area contributed by atoms with Crippen LogP contribution in [-0.4, -0.2) is 24.0 Å². The summed E-state index contributed by atoms with van der Waals surface area (Å²) in [5.41, 5.74) is 9.14. The lowest BCUT2D eigenvalue weighted by molar-refractivity contribution is 0.193. The highest BCUT2D eigenvalue weighted by atomic mass is 15.1. The number of hydrogen-bond acceptors (Lipinski definition) is 2. The molecule has 0 bridgehead atoms. The molecule has 1 aromatic rings. The summed E-state index contributed by atoms with van der Waals surface area (Å²) in [5, 5.41) is 0. The van der Waals surface area contributed by atoms with Gasteiger partial charge in [-0.2, -0.15) is 0 Å². The van der Waals surface area contributed by atoms with E-state index in [1.807, 2.05) is 0 Å². The molecule has 1 aromatic carbocycles. The van der Waals surface area contributed by atoms with Crippen LogP contribution in [0.3, 0.4) is 0 Å². The van der Waals surface area contributed by atoms with Crippen LogP contribution in [-0.2, 0) is 6.54 Å². The molecule has 1 saturated carbocycles. The average molecular weight is 246 g/mol. The van der Waals surface area contributed by atoms with E-state index < -0.39 is 0 Å². The molecular weight excluding hydrogens is 220 g/mol. The molecule has 18 heavy (non-hydrogen) atoms. The highest BCUT2D eigenvalue weighted by molar-refractivity contribution is 5.25. The number of aryl methyl sites for hydroxylation is 1. The Hall–Kier alpha value is -0.860. The first kappa shape index (κ1) is 13.6. The van der Waals surface area contributed by atoms with Crippen LogP contribution in [0, 0.1) is 6.92 Å². The summed E-state index contributed by atoms with van der Waals surface area (Å²) in [6.45, 7) is 3.21. The van der Waals surface area contributed by atoms with Gasteiger partial charge < -0.3 is 5.73 Å². The maximum atomic E-state index is 6.33. The van der Waals surface area contributed by atoms with E-state index in [2.05, 4.69) is 43.1 Å². The van der Waals surface area contributed by atoms with Crippen LogP contribution in [0.1, 0.15) is 43.2 Å². The molecule has 2 unspecified atom stereocenters. The SMILES string of the molecule is Cc1ccccc1CN(C)C1CCCCCC1N. The van der Waals surface area contributed by atoms with Crippen molar-refractivity contribution in [1.82, 2.24) is 4.90 Å². The zero-order valence-electron chi connectivity index (χ0n) is 11.7. The summed E-state index contributed by atoms with van der Waals surface area (Å²) in [6, 6.07) is 9.55. The molecule has 1 aliphatic rings. The number of hydrogen-bond donors (Lipinski definition) is 1. The highest BCUT2D eigenvalue weighted by Crippen LogP contribution is 2.22. The fraction of sp³-hybridized carbons (Fsp3) is 0.625. The fourth-order valence-corrected chi connectivity index (χ4v) is 3.04. The molecule has 2 atom stereocenters. The predicted octanol–water partition coefficient (Wildman–Crippen LogP) is 3.09. The summed E-state index contributed by atoms with van der Waals surface area (Å²) < 4.78 is 0. The Morgan fingerprint density at radius 1 is 1.17 bits per heavy atom. The second-order valence-electron chi connectivity index (χ2n) is 5.71. The van der Waals surface area contributed by atoms with E-state index in [4.69, 9.17) is 5.73 Å². The summed E-state index contributed by atoms with van der Waals surface area (Å²) in [4.78, 5) is 2.46. The molecule has 0 saturated heterocycles. The van der Waals surface area contributed by atoms with Gasteiger partial charge in [0.05, 0.1) is 0 Å². The van der Waals surface area contributed by atoms with Crippen LogP contribution in [0.2, 0.25) is 0 Å². The van der Waals surface area contributed by atoms with E-state index in [0.717, 1.165) is 6.54 Å². The van der Waals surface area contributed by atoms with Gasteiger partial charge in [0.25, 0.3) is 0 Å². The Balaban J connectivity index is 2.02. The summed E-state index contributed by atoms with van der Waals surface area (Å²) in [6.07, 6.45) is 6.42. The van der Waals surface area contributed by atoms with E-state index >= 15 is 0 Å². The molecule has 0 spiro atoms. The predicted molar refractivity (Wildman–Crippen MR) is 77.5 cm³/mol. The Morgan fingerprint density at radius 2 is 1.89 bits per heavy atom. The quantitative estimate of drug-likeness (QED) is 0.830. The molecule has 2 rings (SSSR count). The van der Waals surface area contributed by atoms with Gasteiger partial charge in [0.2, 0.25) is 0 Å². The van der Waals surface area contributed by atoms with E-state index in [0.29, 0.717) is 12.1 Å². The minimum absolute atomic E-state index is 0.349.